The fourth-order valence-electron chi connectivity index (χ4n) is 3.54. The molecule has 1 aromatic rings. The van der Waals surface area contributed by atoms with Gasteiger partial charge in [-0.15, -0.1) is 35.3 Å². The van der Waals surface area contributed by atoms with Crippen LogP contribution in [0.1, 0.15) is 43.9 Å². The number of halogens is 1. The van der Waals surface area contributed by atoms with E-state index in [1.807, 2.05) is 6.07 Å². The summed E-state index contributed by atoms with van der Waals surface area (Å²) in [5.74, 6) is 1.69. The smallest absolute Gasteiger partial charge is 0.252 e. The second-order valence-electron chi connectivity index (χ2n) is 7.26. The monoisotopic (exact) mass is 526 g/mol. The molecule has 1 N–H and O–H groups in total. The first-order valence-electron chi connectivity index (χ1n) is 9.55. The summed E-state index contributed by atoms with van der Waals surface area (Å²) in [7, 11) is -1.52. The van der Waals surface area contributed by atoms with Crippen molar-refractivity contribution in [3.8, 4) is 0 Å². The Kier molecular flexibility index (Phi) is 8.82. The van der Waals surface area contributed by atoms with Crippen molar-refractivity contribution in [1.82, 2.24) is 14.5 Å². The van der Waals surface area contributed by atoms with Crippen LogP contribution >= 0.6 is 35.3 Å². The topological polar surface area (TPSA) is 65.0 Å². The van der Waals surface area contributed by atoms with Crippen LogP contribution in [0.2, 0.25) is 0 Å². The molecule has 1 aromatic heterocycles. The lowest BCUT2D eigenvalue weighted by atomic mass is 10.00. The summed E-state index contributed by atoms with van der Waals surface area (Å²) in [6, 6.07) is 3.66. The van der Waals surface area contributed by atoms with E-state index in [1.165, 1.54) is 24.2 Å². The first-order valence-corrected chi connectivity index (χ1v) is 11.8. The maximum atomic E-state index is 12.8. The Labute approximate surface area is 184 Å². The average Bonchev–Trinajstić information content (AvgIpc) is 3.14. The van der Waals surface area contributed by atoms with Gasteiger partial charge >= 0.3 is 0 Å². The molecule has 0 amide bonds. The number of guanidine groups is 1. The number of hydrogen-bond acceptors (Lipinski definition) is 4. The van der Waals surface area contributed by atoms with Crippen LogP contribution in [0.15, 0.2) is 21.3 Å². The molecule has 2 aliphatic heterocycles. The zero-order chi connectivity index (χ0) is 18.6. The van der Waals surface area contributed by atoms with Gasteiger partial charge < -0.3 is 10.2 Å². The van der Waals surface area contributed by atoms with Crippen molar-refractivity contribution in [3.63, 3.8) is 0 Å². The number of piperidine rings is 2. The first-order chi connectivity index (χ1) is 12.5. The lowest BCUT2D eigenvalue weighted by Gasteiger charge is -2.32. The summed E-state index contributed by atoms with van der Waals surface area (Å²) in [4.78, 5) is 7.70. The molecule has 0 saturated carbocycles. The van der Waals surface area contributed by atoms with Gasteiger partial charge in [-0.1, -0.05) is 13.3 Å². The van der Waals surface area contributed by atoms with Crippen molar-refractivity contribution in [2.45, 2.75) is 49.8 Å². The molecule has 0 aliphatic carbocycles. The maximum Gasteiger partial charge on any atom is 0.252 e. The van der Waals surface area contributed by atoms with Crippen LogP contribution < -0.4 is 5.32 Å². The minimum absolute atomic E-state index is 0. The number of nitrogens with zero attached hydrogens (tertiary/aromatic N) is 3. The van der Waals surface area contributed by atoms with Gasteiger partial charge in [0.1, 0.15) is 4.21 Å². The van der Waals surface area contributed by atoms with Crippen molar-refractivity contribution in [2.75, 3.05) is 33.2 Å². The Bertz CT molecular complexity index is 721. The van der Waals surface area contributed by atoms with E-state index in [0.29, 0.717) is 23.8 Å². The average molecular weight is 527 g/mol. The molecule has 154 valence electrons. The summed E-state index contributed by atoms with van der Waals surface area (Å²) >= 11 is 1.37. The number of sulfonamides is 1. The molecule has 0 spiro atoms. The standard InChI is InChI=1S/C18H30N4O2S2.HI/c1-15-8-12-21(13-9-15)18(19-2)20-14-16-6-7-17(25-16)26(23,24)22-10-4-3-5-11-22;/h6-7,15H,3-5,8-14H2,1-2H3,(H,19,20);1H. The van der Waals surface area contributed by atoms with Crippen molar-refractivity contribution in [2.24, 2.45) is 10.9 Å². The largest absolute Gasteiger partial charge is 0.351 e. The van der Waals surface area contributed by atoms with Gasteiger partial charge in [-0.25, -0.2) is 8.42 Å². The van der Waals surface area contributed by atoms with Crippen LogP contribution in [0.5, 0.6) is 0 Å². The lowest BCUT2D eigenvalue weighted by Crippen LogP contribution is -2.45. The van der Waals surface area contributed by atoms with E-state index in [-0.39, 0.29) is 24.0 Å². The molecule has 6 nitrogen and oxygen atoms in total. The Balaban J connectivity index is 0.00000261. The molecule has 9 heteroatoms. The van der Waals surface area contributed by atoms with E-state index in [9.17, 15) is 8.42 Å². The van der Waals surface area contributed by atoms with Crippen molar-refractivity contribution in [1.29, 1.82) is 0 Å². The minimum atomic E-state index is -3.33. The Morgan fingerprint density at radius 1 is 1.19 bits per heavy atom. The third-order valence-corrected chi connectivity index (χ3v) is 8.71. The SMILES string of the molecule is CN=C(NCc1ccc(S(=O)(=O)N2CCCCC2)s1)N1CCC(C)CC1.I. The Morgan fingerprint density at radius 3 is 2.48 bits per heavy atom. The van der Waals surface area contributed by atoms with Crippen LogP contribution in [-0.4, -0.2) is 56.8 Å². The van der Waals surface area contributed by atoms with Crippen molar-refractivity contribution < 1.29 is 8.42 Å². The minimum Gasteiger partial charge on any atom is -0.351 e. The van der Waals surface area contributed by atoms with Gasteiger partial charge in [-0.2, -0.15) is 4.31 Å². The number of hydrogen-bond donors (Lipinski definition) is 1. The zero-order valence-corrected chi connectivity index (χ0v) is 20.1. The summed E-state index contributed by atoms with van der Waals surface area (Å²) in [5.41, 5.74) is 0. The molecule has 27 heavy (non-hydrogen) atoms. The molecule has 2 saturated heterocycles. The summed E-state index contributed by atoms with van der Waals surface area (Å²) in [6.45, 7) is 6.25. The zero-order valence-electron chi connectivity index (χ0n) is 16.2. The molecule has 3 rings (SSSR count). The molecule has 0 bridgehead atoms. The Morgan fingerprint density at radius 2 is 1.85 bits per heavy atom. The van der Waals surface area contributed by atoms with Gasteiger partial charge in [-0.05, 0) is 43.7 Å². The highest BCUT2D eigenvalue weighted by molar-refractivity contribution is 14.0. The molecule has 0 aromatic carbocycles. The summed E-state index contributed by atoms with van der Waals surface area (Å²) < 4.78 is 27.6. The fraction of sp³-hybridized carbons (Fsp3) is 0.722. The Hall–Kier alpha value is -0.390. The summed E-state index contributed by atoms with van der Waals surface area (Å²) in [6.07, 6.45) is 5.43. The quantitative estimate of drug-likeness (QED) is 0.372. The molecule has 2 fully saturated rings. The molecule has 0 unspecified atom stereocenters. The van der Waals surface area contributed by atoms with Crippen molar-refractivity contribution in [3.05, 3.63) is 17.0 Å². The molecule has 2 aliphatic rings. The number of thiophene rings is 1. The highest BCUT2D eigenvalue weighted by Gasteiger charge is 2.27. The number of aliphatic imine (C=N–C) groups is 1. The number of likely N-dealkylation sites (tertiary alicyclic amines) is 1. The van der Waals surface area contributed by atoms with Gasteiger partial charge in [0, 0.05) is 38.1 Å². The van der Waals surface area contributed by atoms with E-state index in [2.05, 4.69) is 22.1 Å². The number of nitrogens with one attached hydrogen (secondary N) is 1. The molecular formula is C18H31IN4O2S2. The van der Waals surface area contributed by atoms with E-state index in [0.717, 1.165) is 49.1 Å². The lowest BCUT2D eigenvalue weighted by molar-refractivity contribution is 0.273. The highest BCUT2D eigenvalue weighted by Crippen LogP contribution is 2.27. The van der Waals surface area contributed by atoms with Crippen LogP contribution in [0.25, 0.3) is 0 Å². The molecular weight excluding hydrogens is 495 g/mol. The maximum absolute atomic E-state index is 12.8. The van der Waals surface area contributed by atoms with Crippen LogP contribution in [0.3, 0.4) is 0 Å². The summed E-state index contributed by atoms with van der Waals surface area (Å²) in [5, 5.41) is 3.39. The van der Waals surface area contributed by atoms with Gasteiger partial charge in [0.05, 0.1) is 6.54 Å². The third-order valence-electron chi connectivity index (χ3n) is 5.26. The normalized spacial score (nSPS) is 20.4. The van der Waals surface area contributed by atoms with Crippen LogP contribution in [0.4, 0.5) is 0 Å². The van der Waals surface area contributed by atoms with Crippen LogP contribution in [0, 0.1) is 5.92 Å². The first kappa shape index (κ1) is 22.9. The van der Waals surface area contributed by atoms with Gasteiger partial charge in [-0.3, -0.25) is 4.99 Å². The van der Waals surface area contributed by atoms with E-state index >= 15 is 0 Å². The third kappa shape index (κ3) is 5.80. The van der Waals surface area contributed by atoms with Gasteiger partial charge in [0.2, 0.25) is 0 Å². The molecule has 3 heterocycles. The van der Waals surface area contributed by atoms with Crippen molar-refractivity contribution >= 4 is 51.3 Å². The molecule has 0 radical (unpaired) electrons. The second-order valence-corrected chi connectivity index (χ2v) is 10.6. The second kappa shape index (κ2) is 10.4. The number of rotatable bonds is 4. The van der Waals surface area contributed by atoms with E-state index in [1.54, 1.807) is 17.4 Å². The highest BCUT2D eigenvalue weighted by atomic mass is 127. The van der Waals surface area contributed by atoms with Gasteiger partial charge in [0.25, 0.3) is 10.0 Å². The predicted molar refractivity (Wildman–Crippen MR) is 123 cm³/mol. The molecule has 0 atom stereocenters. The van der Waals surface area contributed by atoms with E-state index < -0.39 is 10.0 Å². The van der Waals surface area contributed by atoms with E-state index in [4.69, 9.17) is 0 Å². The fourth-order valence-corrected chi connectivity index (χ4v) is 6.51. The predicted octanol–water partition coefficient (Wildman–Crippen LogP) is 3.35. The van der Waals surface area contributed by atoms with Crippen LogP contribution in [-0.2, 0) is 16.6 Å². The van der Waals surface area contributed by atoms with Gasteiger partial charge in [0.15, 0.2) is 5.96 Å².